The molecule has 0 bridgehead atoms. The molecule has 2 aromatic carbocycles. The van der Waals surface area contributed by atoms with Crippen molar-refractivity contribution in [3.05, 3.63) is 95.6 Å². The summed E-state index contributed by atoms with van der Waals surface area (Å²) in [5.41, 5.74) is 3.56. The average molecular weight is 405 g/mol. The van der Waals surface area contributed by atoms with Gasteiger partial charge in [0.2, 0.25) is 0 Å². The van der Waals surface area contributed by atoms with E-state index in [2.05, 4.69) is 65.4 Å². The van der Waals surface area contributed by atoms with Crippen molar-refractivity contribution in [3.8, 4) is 0 Å². The summed E-state index contributed by atoms with van der Waals surface area (Å²) in [6, 6.07) is 18.8. The average Bonchev–Trinajstić information content (AvgIpc) is 3.30. The molecule has 158 valence electrons. The minimum Gasteiger partial charge on any atom is -0.378 e. The SMILES string of the molecule is CCCCCOCC(/C=C/c1ccc(Cc2ncc[nH]2)cc1)OCc1ccccc1. The second-order valence-corrected chi connectivity index (χ2v) is 7.43. The highest BCUT2D eigenvalue weighted by atomic mass is 16.5. The van der Waals surface area contributed by atoms with Gasteiger partial charge in [0.05, 0.1) is 19.3 Å². The molecular weight excluding hydrogens is 372 g/mol. The number of imidazole rings is 1. The number of hydrogen-bond donors (Lipinski definition) is 1. The van der Waals surface area contributed by atoms with Gasteiger partial charge >= 0.3 is 0 Å². The lowest BCUT2D eigenvalue weighted by Gasteiger charge is -2.15. The third-order valence-corrected chi connectivity index (χ3v) is 4.89. The van der Waals surface area contributed by atoms with Crippen molar-refractivity contribution in [3.63, 3.8) is 0 Å². The zero-order valence-corrected chi connectivity index (χ0v) is 17.8. The second kappa shape index (κ2) is 12.8. The molecule has 0 saturated heterocycles. The standard InChI is InChI=1S/C26H32N2O2/c1-2-3-7-18-29-21-25(30-20-24-8-5-4-6-9-24)15-14-22-10-12-23(13-11-22)19-26-27-16-17-28-26/h4-6,8-17,25H,2-3,7,18-21H2,1H3,(H,27,28)/b15-14+. The number of aromatic amines is 1. The Balaban J connectivity index is 1.55. The van der Waals surface area contributed by atoms with E-state index >= 15 is 0 Å². The van der Waals surface area contributed by atoms with Gasteiger partial charge in [-0.15, -0.1) is 0 Å². The van der Waals surface area contributed by atoms with Gasteiger partial charge in [0.1, 0.15) is 5.82 Å². The molecule has 3 rings (SSSR count). The third kappa shape index (κ3) is 7.97. The Morgan fingerprint density at radius 1 is 1.00 bits per heavy atom. The van der Waals surface area contributed by atoms with E-state index < -0.39 is 0 Å². The number of H-pyrrole nitrogens is 1. The molecule has 0 saturated carbocycles. The number of rotatable bonds is 13. The molecular formula is C26H32N2O2. The van der Waals surface area contributed by atoms with Crippen molar-refractivity contribution < 1.29 is 9.47 Å². The van der Waals surface area contributed by atoms with Crippen molar-refractivity contribution in [2.45, 2.75) is 45.3 Å². The van der Waals surface area contributed by atoms with Gasteiger partial charge in [0.25, 0.3) is 0 Å². The third-order valence-electron chi connectivity index (χ3n) is 4.89. The molecule has 3 aromatic rings. The molecule has 1 atom stereocenters. The molecule has 0 fully saturated rings. The van der Waals surface area contributed by atoms with Gasteiger partial charge in [-0.3, -0.25) is 0 Å². The molecule has 0 aliphatic heterocycles. The van der Waals surface area contributed by atoms with Crippen LogP contribution in [0.15, 0.2) is 73.1 Å². The van der Waals surface area contributed by atoms with Crippen molar-refractivity contribution in [2.24, 2.45) is 0 Å². The summed E-state index contributed by atoms with van der Waals surface area (Å²) in [5.74, 6) is 0.980. The summed E-state index contributed by atoms with van der Waals surface area (Å²) in [5, 5.41) is 0. The molecule has 0 aliphatic carbocycles. The first-order valence-electron chi connectivity index (χ1n) is 10.8. The van der Waals surface area contributed by atoms with Crippen molar-refractivity contribution in [2.75, 3.05) is 13.2 Å². The molecule has 4 nitrogen and oxygen atoms in total. The first-order chi connectivity index (χ1) is 14.8. The van der Waals surface area contributed by atoms with E-state index in [0.29, 0.717) is 13.2 Å². The van der Waals surface area contributed by atoms with Gasteiger partial charge < -0.3 is 14.5 Å². The molecule has 0 amide bonds. The van der Waals surface area contributed by atoms with Gasteiger partial charge in [-0.25, -0.2) is 4.98 Å². The largest absolute Gasteiger partial charge is 0.378 e. The van der Waals surface area contributed by atoms with Gasteiger partial charge in [-0.2, -0.15) is 0 Å². The predicted molar refractivity (Wildman–Crippen MR) is 122 cm³/mol. The van der Waals surface area contributed by atoms with E-state index in [1.54, 1.807) is 6.20 Å². The number of aromatic nitrogens is 2. The maximum atomic E-state index is 6.13. The van der Waals surface area contributed by atoms with Gasteiger partial charge in [-0.05, 0) is 23.1 Å². The van der Waals surface area contributed by atoms with Crippen LogP contribution in [-0.4, -0.2) is 29.3 Å². The number of nitrogens with one attached hydrogen (secondary N) is 1. The van der Waals surface area contributed by atoms with Crippen LogP contribution in [0.3, 0.4) is 0 Å². The normalized spacial score (nSPS) is 12.4. The molecule has 0 radical (unpaired) electrons. The maximum Gasteiger partial charge on any atom is 0.110 e. The Kier molecular flexibility index (Phi) is 9.38. The van der Waals surface area contributed by atoms with Crippen LogP contribution in [0.1, 0.15) is 48.7 Å². The van der Waals surface area contributed by atoms with Crippen LogP contribution < -0.4 is 0 Å². The predicted octanol–water partition coefficient (Wildman–Crippen LogP) is 5.81. The fourth-order valence-electron chi connectivity index (χ4n) is 3.14. The Labute approximate surface area is 180 Å². The molecule has 0 spiro atoms. The fraction of sp³-hybridized carbons (Fsp3) is 0.346. The van der Waals surface area contributed by atoms with E-state index in [1.165, 1.54) is 24.0 Å². The Hall–Kier alpha value is -2.69. The van der Waals surface area contributed by atoms with Gasteiger partial charge in [-0.1, -0.05) is 86.5 Å². The molecule has 0 aliphatic rings. The highest BCUT2D eigenvalue weighted by Crippen LogP contribution is 2.12. The van der Waals surface area contributed by atoms with Crippen LogP contribution in [0, 0.1) is 0 Å². The molecule has 4 heteroatoms. The quantitative estimate of drug-likeness (QED) is 0.366. The second-order valence-electron chi connectivity index (χ2n) is 7.43. The number of ether oxygens (including phenoxy) is 2. The number of unbranched alkanes of at least 4 members (excludes halogenated alkanes) is 2. The Morgan fingerprint density at radius 2 is 1.83 bits per heavy atom. The Bertz CT molecular complexity index is 843. The summed E-state index contributed by atoms with van der Waals surface area (Å²) < 4.78 is 12.0. The van der Waals surface area contributed by atoms with Crippen LogP contribution in [0.5, 0.6) is 0 Å². The molecule has 1 aromatic heterocycles. The fourth-order valence-corrected chi connectivity index (χ4v) is 3.14. The van der Waals surface area contributed by atoms with Crippen LogP contribution in [0.25, 0.3) is 6.08 Å². The van der Waals surface area contributed by atoms with Crippen molar-refractivity contribution in [1.29, 1.82) is 0 Å². The van der Waals surface area contributed by atoms with E-state index in [1.807, 2.05) is 24.4 Å². The van der Waals surface area contributed by atoms with Gasteiger partial charge in [0.15, 0.2) is 0 Å². The molecule has 1 N–H and O–H groups in total. The topological polar surface area (TPSA) is 47.1 Å². The zero-order valence-electron chi connectivity index (χ0n) is 17.8. The number of hydrogen-bond acceptors (Lipinski definition) is 3. The smallest absolute Gasteiger partial charge is 0.110 e. The summed E-state index contributed by atoms with van der Waals surface area (Å²) >= 11 is 0. The van der Waals surface area contributed by atoms with E-state index in [0.717, 1.165) is 30.8 Å². The minimum atomic E-state index is -0.0744. The highest BCUT2D eigenvalue weighted by molar-refractivity contribution is 5.50. The molecule has 1 heterocycles. The van der Waals surface area contributed by atoms with E-state index in [9.17, 15) is 0 Å². The maximum absolute atomic E-state index is 6.13. The number of nitrogens with zero attached hydrogens (tertiary/aromatic N) is 1. The summed E-state index contributed by atoms with van der Waals surface area (Å²) in [4.78, 5) is 7.43. The van der Waals surface area contributed by atoms with Crippen molar-refractivity contribution >= 4 is 6.08 Å². The van der Waals surface area contributed by atoms with Crippen molar-refractivity contribution in [1.82, 2.24) is 9.97 Å². The lowest BCUT2D eigenvalue weighted by Crippen LogP contribution is -2.18. The van der Waals surface area contributed by atoms with Crippen LogP contribution >= 0.6 is 0 Å². The molecule has 30 heavy (non-hydrogen) atoms. The number of benzene rings is 2. The summed E-state index contributed by atoms with van der Waals surface area (Å²) in [6.45, 7) is 4.14. The zero-order chi connectivity index (χ0) is 20.9. The van der Waals surface area contributed by atoms with Crippen LogP contribution in [0.2, 0.25) is 0 Å². The molecule has 1 unspecified atom stereocenters. The van der Waals surface area contributed by atoms with Crippen LogP contribution in [-0.2, 0) is 22.5 Å². The first-order valence-corrected chi connectivity index (χ1v) is 10.8. The minimum absolute atomic E-state index is 0.0744. The summed E-state index contributed by atoms with van der Waals surface area (Å²) in [6.07, 6.45) is 12.1. The highest BCUT2D eigenvalue weighted by Gasteiger charge is 2.07. The summed E-state index contributed by atoms with van der Waals surface area (Å²) in [7, 11) is 0. The first kappa shape index (κ1) is 22.0. The van der Waals surface area contributed by atoms with Gasteiger partial charge in [0, 0.05) is 25.4 Å². The van der Waals surface area contributed by atoms with E-state index in [4.69, 9.17) is 9.47 Å². The van der Waals surface area contributed by atoms with Crippen LogP contribution in [0.4, 0.5) is 0 Å². The Morgan fingerprint density at radius 3 is 2.57 bits per heavy atom. The monoisotopic (exact) mass is 404 g/mol. The lowest BCUT2D eigenvalue weighted by molar-refractivity contribution is -0.000243. The van der Waals surface area contributed by atoms with E-state index in [-0.39, 0.29) is 6.10 Å². The lowest BCUT2D eigenvalue weighted by atomic mass is 10.1.